The summed E-state index contributed by atoms with van der Waals surface area (Å²) in [6.45, 7) is 3.40. The summed E-state index contributed by atoms with van der Waals surface area (Å²) in [5.74, 6) is -1.89. The molecular formula is C12H16N2O3. The van der Waals surface area contributed by atoms with Crippen molar-refractivity contribution in [1.29, 1.82) is 0 Å². The lowest BCUT2D eigenvalue weighted by Crippen LogP contribution is -2.29. The fourth-order valence-electron chi connectivity index (χ4n) is 1.36. The second kappa shape index (κ2) is 5.34. The molecule has 4 N–H and O–H groups in total. The van der Waals surface area contributed by atoms with E-state index in [9.17, 15) is 9.59 Å². The van der Waals surface area contributed by atoms with Crippen LogP contribution in [0.3, 0.4) is 0 Å². The van der Waals surface area contributed by atoms with E-state index in [1.54, 1.807) is 38.1 Å². The largest absolute Gasteiger partial charge is 0.481 e. The highest BCUT2D eigenvalue weighted by atomic mass is 16.4. The summed E-state index contributed by atoms with van der Waals surface area (Å²) >= 11 is 0. The number of amides is 1. The van der Waals surface area contributed by atoms with E-state index < -0.39 is 17.8 Å². The van der Waals surface area contributed by atoms with Crippen LogP contribution in [-0.2, 0) is 4.79 Å². The van der Waals surface area contributed by atoms with Crippen LogP contribution in [0.25, 0.3) is 0 Å². The van der Waals surface area contributed by atoms with Gasteiger partial charge in [-0.2, -0.15) is 0 Å². The number of hydrogen-bond donors (Lipinski definition) is 3. The molecule has 1 aromatic carbocycles. The lowest BCUT2D eigenvalue weighted by Gasteiger charge is -2.19. The zero-order chi connectivity index (χ0) is 13.0. The van der Waals surface area contributed by atoms with Gasteiger partial charge in [0.2, 0.25) is 5.91 Å². The van der Waals surface area contributed by atoms with E-state index in [4.69, 9.17) is 10.8 Å². The lowest BCUT2D eigenvalue weighted by molar-refractivity contribution is -0.141. The first-order chi connectivity index (χ1) is 7.91. The number of benzene rings is 1. The Kier molecular flexibility index (Phi) is 4.09. The number of primary amides is 1. The maximum absolute atomic E-state index is 11.0. The highest BCUT2D eigenvalue weighted by molar-refractivity contribution is 5.93. The van der Waals surface area contributed by atoms with Crippen LogP contribution in [0.5, 0.6) is 0 Å². The van der Waals surface area contributed by atoms with E-state index in [1.807, 2.05) is 0 Å². The van der Waals surface area contributed by atoms with Crippen molar-refractivity contribution in [3.05, 3.63) is 29.8 Å². The van der Waals surface area contributed by atoms with Gasteiger partial charge in [-0.05, 0) is 32.0 Å². The van der Waals surface area contributed by atoms with Gasteiger partial charge < -0.3 is 16.2 Å². The van der Waals surface area contributed by atoms with Crippen LogP contribution in [0.4, 0.5) is 5.69 Å². The average Bonchev–Trinajstić information content (AvgIpc) is 2.28. The number of carboxylic acid groups (broad SMARTS) is 1. The smallest absolute Gasteiger partial charge is 0.308 e. The summed E-state index contributed by atoms with van der Waals surface area (Å²) in [5, 5.41) is 11.9. The van der Waals surface area contributed by atoms with Crippen molar-refractivity contribution in [2.45, 2.75) is 19.9 Å². The molecule has 0 aromatic heterocycles. The Labute approximate surface area is 99.6 Å². The molecule has 1 amide bonds. The Balaban J connectivity index is 2.78. The van der Waals surface area contributed by atoms with E-state index in [0.29, 0.717) is 11.3 Å². The maximum atomic E-state index is 11.0. The van der Waals surface area contributed by atoms with E-state index in [0.717, 1.165) is 0 Å². The van der Waals surface area contributed by atoms with E-state index in [-0.39, 0.29) is 6.04 Å². The molecule has 0 heterocycles. The van der Waals surface area contributed by atoms with Gasteiger partial charge in [-0.15, -0.1) is 0 Å². The molecule has 0 aliphatic rings. The number of nitrogens with two attached hydrogens (primary N) is 1. The number of carbonyl (C=O) groups is 2. The average molecular weight is 236 g/mol. The number of carbonyl (C=O) groups excluding carboxylic acids is 1. The molecule has 0 radical (unpaired) electrons. The standard InChI is InChI=1S/C12H16N2O3/c1-7(12(16)17)8(2)14-10-5-3-4-9(6-10)11(13)15/h3-8,14H,1-2H3,(H2,13,15)(H,16,17). The number of rotatable bonds is 5. The van der Waals surface area contributed by atoms with Gasteiger partial charge in [-0.3, -0.25) is 9.59 Å². The van der Waals surface area contributed by atoms with Gasteiger partial charge in [0.25, 0.3) is 0 Å². The van der Waals surface area contributed by atoms with Crippen LogP contribution in [0, 0.1) is 5.92 Å². The van der Waals surface area contributed by atoms with Crippen molar-refractivity contribution in [3.63, 3.8) is 0 Å². The minimum Gasteiger partial charge on any atom is -0.481 e. The molecule has 0 aliphatic carbocycles. The van der Waals surface area contributed by atoms with Gasteiger partial charge in [0.15, 0.2) is 0 Å². The monoisotopic (exact) mass is 236 g/mol. The summed E-state index contributed by atoms with van der Waals surface area (Å²) in [6.07, 6.45) is 0. The SMILES string of the molecule is CC(Nc1cccc(C(N)=O)c1)C(C)C(=O)O. The van der Waals surface area contributed by atoms with Gasteiger partial charge in [0, 0.05) is 17.3 Å². The molecule has 0 aliphatic heterocycles. The molecule has 2 unspecified atom stereocenters. The molecule has 0 bridgehead atoms. The molecule has 1 aromatic rings. The van der Waals surface area contributed by atoms with Crippen molar-refractivity contribution in [2.75, 3.05) is 5.32 Å². The minimum absolute atomic E-state index is 0.240. The topological polar surface area (TPSA) is 92.4 Å². The van der Waals surface area contributed by atoms with Crippen molar-refractivity contribution in [3.8, 4) is 0 Å². The first-order valence-electron chi connectivity index (χ1n) is 5.31. The predicted octanol–water partition coefficient (Wildman–Crippen LogP) is 1.31. The first-order valence-corrected chi connectivity index (χ1v) is 5.31. The van der Waals surface area contributed by atoms with E-state index in [1.165, 1.54) is 0 Å². The molecule has 17 heavy (non-hydrogen) atoms. The second-order valence-electron chi connectivity index (χ2n) is 4.00. The Morgan fingerprint density at radius 2 is 2.00 bits per heavy atom. The Hall–Kier alpha value is -2.04. The van der Waals surface area contributed by atoms with Gasteiger partial charge in [-0.25, -0.2) is 0 Å². The van der Waals surface area contributed by atoms with Crippen LogP contribution >= 0.6 is 0 Å². The third kappa shape index (κ3) is 3.48. The Morgan fingerprint density at radius 1 is 1.35 bits per heavy atom. The number of aliphatic carboxylic acids is 1. The third-order valence-corrected chi connectivity index (χ3v) is 2.68. The summed E-state index contributed by atoms with van der Waals surface area (Å²) < 4.78 is 0. The van der Waals surface area contributed by atoms with E-state index >= 15 is 0 Å². The number of hydrogen-bond acceptors (Lipinski definition) is 3. The molecule has 0 saturated heterocycles. The lowest BCUT2D eigenvalue weighted by atomic mass is 10.0. The molecule has 0 fully saturated rings. The van der Waals surface area contributed by atoms with Gasteiger partial charge in [0.1, 0.15) is 0 Å². The number of anilines is 1. The van der Waals surface area contributed by atoms with Crippen LogP contribution in [0.1, 0.15) is 24.2 Å². The molecule has 0 saturated carbocycles. The molecular weight excluding hydrogens is 220 g/mol. The van der Waals surface area contributed by atoms with Crippen LogP contribution in [0.15, 0.2) is 24.3 Å². The fourth-order valence-corrected chi connectivity index (χ4v) is 1.36. The molecule has 5 heteroatoms. The molecule has 92 valence electrons. The number of nitrogens with one attached hydrogen (secondary N) is 1. The minimum atomic E-state index is -0.865. The van der Waals surface area contributed by atoms with Crippen LogP contribution < -0.4 is 11.1 Å². The Morgan fingerprint density at radius 3 is 2.53 bits per heavy atom. The Bertz CT molecular complexity index is 432. The van der Waals surface area contributed by atoms with Crippen LogP contribution in [-0.4, -0.2) is 23.0 Å². The van der Waals surface area contributed by atoms with Gasteiger partial charge in [0.05, 0.1) is 5.92 Å². The quantitative estimate of drug-likeness (QED) is 0.718. The summed E-state index contributed by atoms with van der Waals surface area (Å²) in [5.41, 5.74) is 6.24. The molecule has 2 atom stereocenters. The second-order valence-corrected chi connectivity index (χ2v) is 4.00. The highest BCUT2D eigenvalue weighted by Gasteiger charge is 2.19. The summed E-state index contributed by atoms with van der Waals surface area (Å²) in [4.78, 5) is 21.8. The predicted molar refractivity (Wildman–Crippen MR) is 64.8 cm³/mol. The highest BCUT2D eigenvalue weighted by Crippen LogP contribution is 2.14. The van der Waals surface area contributed by atoms with Gasteiger partial charge in [-0.1, -0.05) is 6.07 Å². The maximum Gasteiger partial charge on any atom is 0.308 e. The molecule has 0 spiro atoms. The van der Waals surface area contributed by atoms with Crippen molar-refractivity contribution in [2.24, 2.45) is 11.7 Å². The first kappa shape index (κ1) is 13.0. The molecule has 5 nitrogen and oxygen atoms in total. The zero-order valence-electron chi connectivity index (χ0n) is 9.81. The van der Waals surface area contributed by atoms with E-state index in [2.05, 4.69) is 5.32 Å². The summed E-state index contributed by atoms with van der Waals surface area (Å²) in [7, 11) is 0. The number of carboxylic acids is 1. The van der Waals surface area contributed by atoms with Gasteiger partial charge >= 0.3 is 5.97 Å². The van der Waals surface area contributed by atoms with Crippen molar-refractivity contribution < 1.29 is 14.7 Å². The van der Waals surface area contributed by atoms with Crippen LogP contribution in [0.2, 0.25) is 0 Å². The van der Waals surface area contributed by atoms with Crippen molar-refractivity contribution >= 4 is 17.6 Å². The normalized spacial score (nSPS) is 13.8. The summed E-state index contributed by atoms with van der Waals surface area (Å²) in [6, 6.07) is 6.43. The fraction of sp³-hybridized carbons (Fsp3) is 0.333. The van der Waals surface area contributed by atoms with Crippen molar-refractivity contribution in [1.82, 2.24) is 0 Å². The molecule has 1 rings (SSSR count). The third-order valence-electron chi connectivity index (χ3n) is 2.68. The zero-order valence-corrected chi connectivity index (χ0v) is 9.81.